The fourth-order valence-electron chi connectivity index (χ4n) is 4.25. The summed E-state index contributed by atoms with van der Waals surface area (Å²) in [4.78, 5) is 32.4. The minimum Gasteiger partial charge on any atom is -0.374 e. The highest BCUT2D eigenvalue weighted by atomic mass is 16.2. The van der Waals surface area contributed by atoms with Crippen LogP contribution in [0.2, 0.25) is 0 Å². The van der Waals surface area contributed by atoms with Crippen LogP contribution in [0.4, 0.5) is 11.4 Å². The van der Waals surface area contributed by atoms with Crippen molar-refractivity contribution in [2.45, 2.75) is 19.8 Å². The molecule has 0 spiro atoms. The van der Waals surface area contributed by atoms with E-state index < -0.39 is 5.91 Å². The summed E-state index contributed by atoms with van der Waals surface area (Å²) >= 11 is 0. The normalized spacial score (nSPS) is 13.3. The molecule has 1 amide bonds. The van der Waals surface area contributed by atoms with E-state index in [4.69, 9.17) is 0 Å². The average Bonchev–Trinajstić information content (AvgIpc) is 3.11. The van der Waals surface area contributed by atoms with Crippen molar-refractivity contribution in [1.29, 1.82) is 0 Å². The molecule has 4 aromatic rings. The third-order valence-corrected chi connectivity index (χ3v) is 5.79. The van der Waals surface area contributed by atoms with Gasteiger partial charge >= 0.3 is 0 Å². The van der Waals surface area contributed by atoms with Gasteiger partial charge in [0.25, 0.3) is 11.5 Å². The first-order chi connectivity index (χ1) is 15.0. The van der Waals surface area contributed by atoms with Crippen LogP contribution in [-0.4, -0.2) is 34.1 Å². The van der Waals surface area contributed by atoms with Gasteiger partial charge < -0.3 is 10.2 Å². The highest BCUT2D eigenvalue weighted by Crippen LogP contribution is 2.29. The van der Waals surface area contributed by atoms with E-state index in [2.05, 4.69) is 33.4 Å². The van der Waals surface area contributed by atoms with E-state index in [1.165, 1.54) is 16.1 Å². The summed E-state index contributed by atoms with van der Waals surface area (Å²) in [7, 11) is 2.05. The number of amides is 1. The van der Waals surface area contributed by atoms with E-state index in [0.29, 0.717) is 11.3 Å². The first-order valence-electron chi connectivity index (χ1n) is 10.3. The minimum absolute atomic E-state index is 0.0901. The molecule has 1 aliphatic rings. The molecule has 0 atom stereocenters. The van der Waals surface area contributed by atoms with Crippen molar-refractivity contribution in [3.05, 3.63) is 81.9 Å². The SMILES string of the molecule is Cc1[nH]n2c(=O)cc(C(=O)Nc3ccc4c(c3)N(C)CCC4)nc2c1-c1ccccc1. The fourth-order valence-corrected chi connectivity index (χ4v) is 4.25. The highest BCUT2D eigenvalue weighted by Gasteiger charge is 2.19. The second-order valence-corrected chi connectivity index (χ2v) is 7.94. The summed E-state index contributed by atoms with van der Waals surface area (Å²) in [5, 5.41) is 5.95. The number of hydrogen-bond acceptors (Lipinski definition) is 4. The third kappa shape index (κ3) is 3.38. The molecule has 5 rings (SSSR count). The lowest BCUT2D eigenvalue weighted by Crippen LogP contribution is -2.25. The van der Waals surface area contributed by atoms with Gasteiger partial charge in [0.2, 0.25) is 0 Å². The Bertz CT molecular complexity index is 1350. The number of aromatic nitrogens is 3. The summed E-state index contributed by atoms with van der Waals surface area (Å²) in [6, 6.07) is 16.9. The zero-order valence-corrected chi connectivity index (χ0v) is 17.5. The van der Waals surface area contributed by atoms with Crippen LogP contribution in [0.1, 0.15) is 28.2 Å². The second kappa shape index (κ2) is 7.43. The average molecular weight is 413 g/mol. The van der Waals surface area contributed by atoms with Crippen LogP contribution in [0, 0.1) is 6.92 Å². The van der Waals surface area contributed by atoms with E-state index in [0.717, 1.165) is 41.9 Å². The Kier molecular flexibility index (Phi) is 4.58. The molecular formula is C24H23N5O2. The Morgan fingerprint density at radius 1 is 1.13 bits per heavy atom. The van der Waals surface area contributed by atoms with Gasteiger partial charge in [0, 0.05) is 42.3 Å². The minimum atomic E-state index is -0.407. The van der Waals surface area contributed by atoms with Crippen LogP contribution in [0.25, 0.3) is 16.8 Å². The Hall–Kier alpha value is -3.87. The maximum Gasteiger partial charge on any atom is 0.274 e. The number of carbonyl (C=O) groups is 1. The van der Waals surface area contributed by atoms with Crippen LogP contribution < -0.4 is 15.8 Å². The monoisotopic (exact) mass is 413 g/mol. The Morgan fingerprint density at radius 3 is 2.74 bits per heavy atom. The molecule has 0 unspecified atom stereocenters. The maximum absolute atomic E-state index is 13.0. The van der Waals surface area contributed by atoms with Gasteiger partial charge in [-0.15, -0.1) is 0 Å². The van der Waals surface area contributed by atoms with Crippen LogP contribution in [0.15, 0.2) is 59.4 Å². The molecule has 0 saturated heterocycles. The van der Waals surface area contributed by atoms with Crippen molar-refractivity contribution in [2.75, 3.05) is 23.8 Å². The quantitative estimate of drug-likeness (QED) is 0.537. The molecular weight excluding hydrogens is 390 g/mol. The van der Waals surface area contributed by atoms with Gasteiger partial charge in [0.1, 0.15) is 5.69 Å². The molecule has 0 fully saturated rings. The Balaban J connectivity index is 1.53. The number of aromatic amines is 1. The summed E-state index contributed by atoms with van der Waals surface area (Å²) in [6.45, 7) is 2.88. The number of hydrogen-bond donors (Lipinski definition) is 2. The lowest BCUT2D eigenvalue weighted by Gasteiger charge is -2.28. The van der Waals surface area contributed by atoms with Crippen molar-refractivity contribution >= 4 is 22.9 Å². The highest BCUT2D eigenvalue weighted by molar-refractivity contribution is 6.03. The summed E-state index contributed by atoms with van der Waals surface area (Å²) < 4.78 is 1.38. The van der Waals surface area contributed by atoms with E-state index >= 15 is 0 Å². The molecule has 3 heterocycles. The van der Waals surface area contributed by atoms with Crippen LogP contribution >= 0.6 is 0 Å². The lowest BCUT2D eigenvalue weighted by atomic mass is 10.0. The standard InChI is InChI=1S/C24H23N5O2/c1-15-22(17-7-4-3-5-8-17)23-26-19(14-21(30)29(23)27-15)24(31)25-18-11-10-16-9-6-12-28(2)20(16)13-18/h3-5,7-8,10-11,13-14,27H,6,9,12H2,1-2H3,(H,25,31). The number of aryl methyl sites for hydroxylation is 2. The van der Waals surface area contributed by atoms with Crippen molar-refractivity contribution in [3.63, 3.8) is 0 Å². The van der Waals surface area contributed by atoms with Gasteiger partial charge in [0.05, 0.1) is 0 Å². The molecule has 7 heteroatoms. The molecule has 7 nitrogen and oxygen atoms in total. The lowest BCUT2D eigenvalue weighted by molar-refractivity contribution is 0.102. The van der Waals surface area contributed by atoms with Gasteiger partial charge in [-0.05, 0) is 43.0 Å². The first kappa shape index (κ1) is 19.1. The predicted octanol–water partition coefficient (Wildman–Crippen LogP) is 3.63. The van der Waals surface area contributed by atoms with E-state index in [9.17, 15) is 9.59 Å². The van der Waals surface area contributed by atoms with Gasteiger partial charge in [-0.3, -0.25) is 14.7 Å². The zero-order chi connectivity index (χ0) is 21.5. The van der Waals surface area contributed by atoms with Crippen LogP contribution in [-0.2, 0) is 6.42 Å². The molecule has 0 saturated carbocycles. The van der Waals surface area contributed by atoms with E-state index in [1.807, 2.05) is 49.4 Å². The van der Waals surface area contributed by atoms with E-state index in [-0.39, 0.29) is 11.3 Å². The third-order valence-electron chi connectivity index (χ3n) is 5.79. The van der Waals surface area contributed by atoms with Gasteiger partial charge in [-0.25, -0.2) is 9.50 Å². The van der Waals surface area contributed by atoms with Crippen molar-refractivity contribution in [3.8, 4) is 11.1 Å². The fraction of sp³-hybridized carbons (Fsp3) is 0.208. The first-order valence-corrected chi connectivity index (χ1v) is 10.3. The predicted molar refractivity (Wildman–Crippen MR) is 122 cm³/mol. The summed E-state index contributed by atoms with van der Waals surface area (Å²) in [5.74, 6) is -0.407. The smallest absolute Gasteiger partial charge is 0.274 e. The molecule has 2 aromatic heterocycles. The number of nitrogens with zero attached hydrogens (tertiary/aromatic N) is 3. The number of anilines is 2. The number of fused-ring (bicyclic) bond motifs is 2. The topological polar surface area (TPSA) is 82.5 Å². The summed E-state index contributed by atoms with van der Waals surface area (Å²) in [5.41, 5.74) is 5.84. The summed E-state index contributed by atoms with van der Waals surface area (Å²) in [6.07, 6.45) is 2.17. The molecule has 2 aromatic carbocycles. The van der Waals surface area contributed by atoms with Gasteiger partial charge in [-0.1, -0.05) is 36.4 Å². The van der Waals surface area contributed by atoms with Crippen LogP contribution in [0.5, 0.6) is 0 Å². The molecule has 1 aliphatic heterocycles. The van der Waals surface area contributed by atoms with E-state index in [1.54, 1.807) is 0 Å². The second-order valence-electron chi connectivity index (χ2n) is 7.94. The van der Waals surface area contributed by atoms with Crippen molar-refractivity contribution in [2.24, 2.45) is 0 Å². The molecule has 31 heavy (non-hydrogen) atoms. The Labute approximate surface area is 179 Å². The molecule has 0 radical (unpaired) electrons. The number of rotatable bonds is 3. The number of H-pyrrole nitrogens is 1. The maximum atomic E-state index is 13.0. The largest absolute Gasteiger partial charge is 0.374 e. The number of carbonyl (C=O) groups excluding carboxylic acids is 1. The molecule has 156 valence electrons. The van der Waals surface area contributed by atoms with Crippen molar-refractivity contribution in [1.82, 2.24) is 14.6 Å². The molecule has 2 N–H and O–H groups in total. The zero-order valence-electron chi connectivity index (χ0n) is 17.5. The number of benzene rings is 2. The number of nitrogens with one attached hydrogen (secondary N) is 2. The van der Waals surface area contributed by atoms with Gasteiger partial charge in [0.15, 0.2) is 5.65 Å². The molecule has 0 aliphatic carbocycles. The van der Waals surface area contributed by atoms with Crippen LogP contribution in [0.3, 0.4) is 0 Å². The van der Waals surface area contributed by atoms with Gasteiger partial charge in [-0.2, -0.15) is 0 Å². The molecule has 0 bridgehead atoms. The van der Waals surface area contributed by atoms with Crippen molar-refractivity contribution < 1.29 is 4.79 Å². The Morgan fingerprint density at radius 2 is 1.94 bits per heavy atom.